The Morgan fingerprint density at radius 1 is 1.13 bits per heavy atom. The third-order valence-corrected chi connectivity index (χ3v) is 3.72. The van der Waals surface area contributed by atoms with Crippen LogP contribution in [0.5, 0.6) is 0 Å². The molecular formula is C22H37N. The molecule has 0 rings (SSSR count). The highest BCUT2D eigenvalue weighted by Crippen LogP contribution is 2.28. The highest BCUT2D eigenvalue weighted by molar-refractivity contribution is 5.57. The molecule has 0 aliphatic rings. The molecule has 0 aliphatic heterocycles. The van der Waals surface area contributed by atoms with Gasteiger partial charge < -0.3 is 0 Å². The van der Waals surface area contributed by atoms with Gasteiger partial charge in [-0.05, 0) is 76.4 Å². The molecule has 0 aromatic heterocycles. The van der Waals surface area contributed by atoms with Crippen LogP contribution in [0.3, 0.4) is 0 Å². The number of rotatable bonds is 10. The van der Waals surface area contributed by atoms with Crippen LogP contribution in [0.1, 0.15) is 74.1 Å². The fourth-order valence-corrected chi connectivity index (χ4v) is 2.49. The van der Waals surface area contributed by atoms with E-state index in [-0.39, 0.29) is 0 Å². The monoisotopic (exact) mass is 315 g/mol. The highest BCUT2D eigenvalue weighted by Gasteiger charge is 2.12. The molecule has 0 N–H and O–H groups in total. The standard InChI is InChI=1S/C22H37N/c1-9-23-22(19(6)7)21(15-14-18(4)5)16-20(8)13-11-10-12-17(2)3/h9-12,18,20H,6,13-16H2,1-5,7-8H3/b11-10-,22-21+,23-9-. The van der Waals surface area contributed by atoms with Crippen molar-refractivity contribution in [1.29, 1.82) is 0 Å². The highest BCUT2D eigenvalue weighted by atomic mass is 14.7. The van der Waals surface area contributed by atoms with Gasteiger partial charge in [-0.1, -0.05) is 51.2 Å². The fourth-order valence-electron chi connectivity index (χ4n) is 2.49. The molecule has 0 amide bonds. The third kappa shape index (κ3) is 10.9. The predicted molar refractivity (Wildman–Crippen MR) is 107 cm³/mol. The van der Waals surface area contributed by atoms with Crippen LogP contribution in [-0.4, -0.2) is 6.21 Å². The van der Waals surface area contributed by atoms with Crippen LogP contribution in [0.2, 0.25) is 0 Å². The van der Waals surface area contributed by atoms with Gasteiger partial charge in [-0.3, -0.25) is 4.99 Å². The van der Waals surface area contributed by atoms with Crippen LogP contribution in [0.15, 0.2) is 52.2 Å². The van der Waals surface area contributed by atoms with Crippen molar-refractivity contribution in [2.24, 2.45) is 16.8 Å². The van der Waals surface area contributed by atoms with Crippen molar-refractivity contribution in [2.45, 2.75) is 74.1 Å². The molecule has 23 heavy (non-hydrogen) atoms. The molecule has 0 heterocycles. The zero-order valence-electron chi connectivity index (χ0n) is 16.4. The summed E-state index contributed by atoms with van der Waals surface area (Å²) in [6.45, 7) is 19.3. The molecule has 0 spiro atoms. The van der Waals surface area contributed by atoms with Crippen molar-refractivity contribution in [1.82, 2.24) is 0 Å². The Hall–Kier alpha value is -1.37. The fraction of sp³-hybridized carbons (Fsp3) is 0.591. The van der Waals surface area contributed by atoms with E-state index in [2.05, 4.69) is 71.3 Å². The molecule has 1 atom stereocenters. The second-order valence-corrected chi connectivity index (χ2v) is 7.27. The second kappa shape index (κ2) is 12.1. The van der Waals surface area contributed by atoms with E-state index in [0.717, 1.165) is 36.5 Å². The smallest absolute Gasteiger partial charge is 0.0640 e. The van der Waals surface area contributed by atoms with E-state index in [9.17, 15) is 0 Å². The average Bonchev–Trinajstić information content (AvgIpc) is 2.45. The molecule has 0 saturated heterocycles. The molecule has 1 heteroatoms. The lowest BCUT2D eigenvalue weighted by Gasteiger charge is -2.17. The molecule has 0 bridgehead atoms. The summed E-state index contributed by atoms with van der Waals surface area (Å²) in [6, 6.07) is 0. The molecule has 0 radical (unpaired) electrons. The van der Waals surface area contributed by atoms with Crippen molar-refractivity contribution in [2.75, 3.05) is 0 Å². The van der Waals surface area contributed by atoms with Crippen LogP contribution >= 0.6 is 0 Å². The number of nitrogens with zero attached hydrogens (tertiary/aromatic N) is 1. The van der Waals surface area contributed by atoms with Gasteiger partial charge in [0.25, 0.3) is 0 Å². The number of hydrogen-bond donors (Lipinski definition) is 0. The van der Waals surface area contributed by atoms with Gasteiger partial charge in [-0.15, -0.1) is 0 Å². The van der Waals surface area contributed by atoms with Crippen molar-refractivity contribution >= 4 is 6.21 Å². The first-order valence-electron chi connectivity index (χ1n) is 8.94. The van der Waals surface area contributed by atoms with Gasteiger partial charge in [0.05, 0.1) is 5.70 Å². The van der Waals surface area contributed by atoms with Crippen LogP contribution in [0.25, 0.3) is 0 Å². The number of allylic oxidation sites excluding steroid dienone is 6. The van der Waals surface area contributed by atoms with E-state index in [4.69, 9.17) is 0 Å². The largest absolute Gasteiger partial charge is 0.261 e. The van der Waals surface area contributed by atoms with E-state index < -0.39 is 0 Å². The number of aliphatic imine (C=N–C) groups is 1. The van der Waals surface area contributed by atoms with Gasteiger partial charge in [-0.25, -0.2) is 0 Å². The third-order valence-electron chi connectivity index (χ3n) is 3.72. The molecule has 0 aliphatic carbocycles. The summed E-state index contributed by atoms with van der Waals surface area (Å²) in [5.74, 6) is 1.34. The molecule has 0 aromatic rings. The zero-order chi connectivity index (χ0) is 17.8. The van der Waals surface area contributed by atoms with Gasteiger partial charge in [0.2, 0.25) is 0 Å². The lowest BCUT2D eigenvalue weighted by atomic mass is 9.90. The summed E-state index contributed by atoms with van der Waals surface area (Å²) in [5, 5.41) is 0. The van der Waals surface area contributed by atoms with Gasteiger partial charge >= 0.3 is 0 Å². The van der Waals surface area contributed by atoms with E-state index in [1.807, 2.05) is 13.1 Å². The average molecular weight is 316 g/mol. The van der Waals surface area contributed by atoms with Crippen LogP contribution < -0.4 is 0 Å². The van der Waals surface area contributed by atoms with E-state index in [1.54, 1.807) is 0 Å². The number of hydrogen-bond acceptors (Lipinski definition) is 1. The lowest BCUT2D eigenvalue weighted by molar-refractivity contribution is 0.532. The Kier molecular flexibility index (Phi) is 11.4. The second-order valence-electron chi connectivity index (χ2n) is 7.27. The molecule has 0 fully saturated rings. The van der Waals surface area contributed by atoms with Crippen molar-refractivity contribution < 1.29 is 0 Å². The first kappa shape index (κ1) is 21.6. The Morgan fingerprint density at radius 2 is 1.78 bits per heavy atom. The van der Waals surface area contributed by atoms with Crippen LogP contribution in [-0.2, 0) is 0 Å². The van der Waals surface area contributed by atoms with E-state index in [1.165, 1.54) is 17.6 Å². The molecule has 1 nitrogen and oxygen atoms in total. The summed E-state index contributed by atoms with van der Waals surface area (Å²) < 4.78 is 0. The normalized spacial score (nSPS) is 14.4. The Morgan fingerprint density at radius 3 is 2.26 bits per heavy atom. The molecule has 0 saturated carbocycles. The summed E-state index contributed by atoms with van der Waals surface area (Å²) in [7, 11) is 0. The van der Waals surface area contributed by atoms with E-state index >= 15 is 0 Å². The summed E-state index contributed by atoms with van der Waals surface area (Å²) in [6.07, 6.45) is 13.1. The topological polar surface area (TPSA) is 12.4 Å². The van der Waals surface area contributed by atoms with Gasteiger partial charge in [-0.2, -0.15) is 0 Å². The van der Waals surface area contributed by atoms with Crippen LogP contribution in [0.4, 0.5) is 0 Å². The van der Waals surface area contributed by atoms with Crippen molar-refractivity contribution in [3.63, 3.8) is 0 Å². The maximum Gasteiger partial charge on any atom is 0.0640 e. The lowest BCUT2D eigenvalue weighted by Crippen LogP contribution is -2.02. The molecule has 1 unspecified atom stereocenters. The maximum absolute atomic E-state index is 4.60. The summed E-state index contributed by atoms with van der Waals surface area (Å²) in [5.41, 5.74) is 5.00. The molecule has 0 aromatic carbocycles. The maximum atomic E-state index is 4.60. The zero-order valence-corrected chi connectivity index (χ0v) is 16.4. The first-order valence-corrected chi connectivity index (χ1v) is 8.94. The van der Waals surface area contributed by atoms with Crippen LogP contribution in [0, 0.1) is 11.8 Å². The van der Waals surface area contributed by atoms with E-state index in [0.29, 0.717) is 5.92 Å². The SMILES string of the molecule is C=C(C)C(/N=C\C)=C(/CCC(C)C)CC(C)C/C=C\C=C(C)C. The minimum absolute atomic E-state index is 0.625. The van der Waals surface area contributed by atoms with Crippen molar-refractivity contribution in [3.05, 3.63) is 47.2 Å². The predicted octanol–water partition coefficient (Wildman–Crippen LogP) is 7.28. The Labute approximate surface area is 145 Å². The summed E-state index contributed by atoms with van der Waals surface area (Å²) in [4.78, 5) is 4.60. The Balaban J connectivity index is 5.07. The first-order chi connectivity index (χ1) is 10.8. The van der Waals surface area contributed by atoms with Gasteiger partial charge in [0.15, 0.2) is 0 Å². The summed E-state index contributed by atoms with van der Waals surface area (Å²) >= 11 is 0. The Bertz CT molecular complexity index is 468. The van der Waals surface area contributed by atoms with Gasteiger partial charge in [0.1, 0.15) is 0 Å². The molecular weight excluding hydrogens is 278 g/mol. The van der Waals surface area contributed by atoms with Gasteiger partial charge in [0, 0.05) is 6.21 Å². The quantitative estimate of drug-likeness (QED) is 0.296. The minimum Gasteiger partial charge on any atom is -0.261 e. The molecule has 130 valence electrons. The van der Waals surface area contributed by atoms with Crippen molar-refractivity contribution in [3.8, 4) is 0 Å². The minimum atomic E-state index is 0.625.